The SMILES string of the molecule is O=C1CCCN(c2ccc(NC(=O)C3(NC(=O)c4cc5ccccc5o4)CCCCC3)cc2-n2cnnn2)C1. The second-order valence-corrected chi connectivity index (χ2v) is 10.2. The first-order valence-electron chi connectivity index (χ1n) is 13.3. The summed E-state index contributed by atoms with van der Waals surface area (Å²) in [5.41, 5.74) is 1.55. The molecule has 11 nitrogen and oxygen atoms in total. The van der Waals surface area contributed by atoms with Gasteiger partial charge in [0, 0.05) is 24.0 Å². The molecular formula is C28H29N7O4. The number of fused-ring (bicyclic) bond motifs is 1. The van der Waals surface area contributed by atoms with Crippen molar-refractivity contribution in [1.82, 2.24) is 25.5 Å². The topological polar surface area (TPSA) is 135 Å². The molecule has 0 spiro atoms. The molecule has 0 bridgehead atoms. The molecule has 1 aliphatic carbocycles. The molecule has 2 aromatic carbocycles. The maximum absolute atomic E-state index is 13.8. The van der Waals surface area contributed by atoms with Crippen molar-refractivity contribution in [3.63, 3.8) is 0 Å². The van der Waals surface area contributed by atoms with Gasteiger partial charge in [-0.3, -0.25) is 14.4 Å². The number of aromatic nitrogens is 4. The molecule has 1 saturated heterocycles. The van der Waals surface area contributed by atoms with Crippen molar-refractivity contribution >= 4 is 39.9 Å². The molecule has 1 saturated carbocycles. The molecule has 200 valence electrons. The van der Waals surface area contributed by atoms with Crippen LogP contribution in [0.2, 0.25) is 0 Å². The minimum Gasteiger partial charge on any atom is -0.451 e. The van der Waals surface area contributed by atoms with Crippen molar-refractivity contribution in [3.8, 4) is 5.69 Å². The van der Waals surface area contributed by atoms with Gasteiger partial charge in [0.1, 0.15) is 17.4 Å². The van der Waals surface area contributed by atoms with Gasteiger partial charge in [-0.25, -0.2) is 0 Å². The van der Waals surface area contributed by atoms with Crippen LogP contribution in [0.3, 0.4) is 0 Å². The van der Waals surface area contributed by atoms with Gasteiger partial charge in [0.15, 0.2) is 11.5 Å². The van der Waals surface area contributed by atoms with Gasteiger partial charge >= 0.3 is 0 Å². The van der Waals surface area contributed by atoms with Crippen LogP contribution in [-0.4, -0.2) is 56.4 Å². The van der Waals surface area contributed by atoms with E-state index >= 15 is 0 Å². The molecule has 0 unspecified atom stereocenters. The standard InChI is InChI=1S/C28H29N7O4/c36-21-8-6-14-34(17-21)22-11-10-20(16-23(22)35-18-29-32-33-35)30-27(38)28(12-4-1-5-13-28)31-26(37)25-15-19-7-2-3-9-24(19)39-25/h2-3,7,9-11,15-16,18H,1,4-6,8,12-14,17H2,(H,30,38)(H,31,37). The number of furan rings is 1. The van der Waals surface area contributed by atoms with Crippen molar-refractivity contribution in [3.05, 3.63) is 60.6 Å². The first-order chi connectivity index (χ1) is 19.0. The quantitative estimate of drug-likeness (QED) is 0.388. The van der Waals surface area contributed by atoms with E-state index in [2.05, 4.69) is 26.2 Å². The molecule has 2 aliphatic rings. The summed E-state index contributed by atoms with van der Waals surface area (Å²) in [5, 5.41) is 18.4. The zero-order valence-corrected chi connectivity index (χ0v) is 21.4. The van der Waals surface area contributed by atoms with Crippen LogP contribution >= 0.6 is 0 Å². The van der Waals surface area contributed by atoms with Crippen LogP contribution in [0.25, 0.3) is 16.7 Å². The number of nitrogens with one attached hydrogen (secondary N) is 2. The zero-order chi connectivity index (χ0) is 26.8. The average Bonchev–Trinajstić information content (AvgIpc) is 3.64. The van der Waals surface area contributed by atoms with E-state index < -0.39 is 11.4 Å². The Hall–Kier alpha value is -4.54. The van der Waals surface area contributed by atoms with Crippen molar-refractivity contribution < 1.29 is 18.8 Å². The van der Waals surface area contributed by atoms with E-state index in [9.17, 15) is 14.4 Å². The number of hydrogen-bond donors (Lipinski definition) is 2. The largest absolute Gasteiger partial charge is 0.451 e. The number of carbonyl (C=O) groups is 3. The summed E-state index contributed by atoms with van der Waals surface area (Å²) < 4.78 is 7.27. The van der Waals surface area contributed by atoms with Crippen molar-refractivity contribution in [2.24, 2.45) is 0 Å². The fourth-order valence-corrected chi connectivity index (χ4v) is 5.56. The number of para-hydroxylation sites is 1. The van der Waals surface area contributed by atoms with E-state index in [0.717, 1.165) is 43.3 Å². The van der Waals surface area contributed by atoms with Crippen LogP contribution < -0.4 is 15.5 Å². The van der Waals surface area contributed by atoms with E-state index in [4.69, 9.17) is 4.42 Å². The highest BCUT2D eigenvalue weighted by Gasteiger charge is 2.41. The van der Waals surface area contributed by atoms with Crippen LogP contribution in [0, 0.1) is 0 Å². The number of tetrazole rings is 1. The first kappa shape index (κ1) is 24.8. The number of amides is 2. The Bertz CT molecular complexity index is 1490. The summed E-state index contributed by atoms with van der Waals surface area (Å²) in [5.74, 6) is -0.339. The number of anilines is 2. The molecule has 6 rings (SSSR count). The zero-order valence-electron chi connectivity index (χ0n) is 21.4. The number of nitrogens with zero attached hydrogens (tertiary/aromatic N) is 5. The Morgan fingerprint density at radius 2 is 1.82 bits per heavy atom. The Balaban J connectivity index is 1.27. The van der Waals surface area contributed by atoms with Crippen LogP contribution in [0.1, 0.15) is 55.5 Å². The molecular weight excluding hydrogens is 498 g/mol. The third kappa shape index (κ3) is 4.99. The predicted molar refractivity (Wildman–Crippen MR) is 144 cm³/mol. The molecule has 39 heavy (non-hydrogen) atoms. The maximum atomic E-state index is 13.8. The van der Waals surface area contributed by atoms with Gasteiger partial charge in [0.05, 0.1) is 17.9 Å². The highest BCUT2D eigenvalue weighted by molar-refractivity contribution is 6.04. The lowest BCUT2D eigenvalue weighted by molar-refractivity contribution is -0.123. The molecule has 0 atom stereocenters. The third-order valence-electron chi connectivity index (χ3n) is 7.56. The summed E-state index contributed by atoms with van der Waals surface area (Å²) in [4.78, 5) is 41.2. The van der Waals surface area contributed by atoms with Crippen molar-refractivity contribution in [1.29, 1.82) is 0 Å². The van der Waals surface area contributed by atoms with E-state index in [1.54, 1.807) is 24.3 Å². The smallest absolute Gasteiger partial charge is 0.287 e. The summed E-state index contributed by atoms with van der Waals surface area (Å²) in [6.07, 6.45) is 6.54. The van der Waals surface area contributed by atoms with E-state index in [0.29, 0.717) is 42.8 Å². The Labute approximate surface area is 224 Å². The summed E-state index contributed by atoms with van der Waals surface area (Å²) >= 11 is 0. The fraction of sp³-hybridized carbons (Fsp3) is 0.357. The second-order valence-electron chi connectivity index (χ2n) is 10.2. The number of ketones is 1. The molecule has 2 aromatic heterocycles. The minimum atomic E-state index is -1.07. The van der Waals surface area contributed by atoms with Gasteiger partial charge in [-0.1, -0.05) is 37.5 Å². The van der Waals surface area contributed by atoms with Gasteiger partial charge in [-0.2, -0.15) is 4.68 Å². The van der Waals surface area contributed by atoms with Crippen LogP contribution in [-0.2, 0) is 9.59 Å². The molecule has 2 N–H and O–H groups in total. The fourth-order valence-electron chi connectivity index (χ4n) is 5.56. The Kier molecular flexibility index (Phi) is 6.55. The van der Waals surface area contributed by atoms with Crippen LogP contribution in [0.5, 0.6) is 0 Å². The lowest BCUT2D eigenvalue weighted by Crippen LogP contribution is -2.57. The first-order valence-corrected chi connectivity index (χ1v) is 13.3. The number of piperidine rings is 1. The molecule has 2 amide bonds. The molecule has 0 radical (unpaired) electrons. The number of rotatable bonds is 6. The molecule has 11 heteroatoms. The lowest BCUT2D eigenvalue weighted by atomic mass is 9.80. The molecule has 4 aromatic rings. The summed E-state index contributed by atoms with van der Waals surface area (Å²) in [7, 11) is 0. The van der Waals surface area contributed by atoms with Gasteiger partial charge in [-0.15, -0.1) is 5.10 Å². The van der Waals surface area contributed by atoms with Gasteiger partial charge < -0.3 is 20.0 Å². The third-order valence-corrected chi connectivity index (χ3v) is 7.56. The van der Waals surface area contributed by atoms with Crippen LogP contribution in [0.15, 0.2) is 59.3 Å². The van der Waals surface area contributed by atoms with Crippen molar-refractivity contribution in [2.45, 2.75) is 50.5 Å². The Morgan fingerprint density at radius 3 is 2.59 bits per heavy atom. The number of Topliss-reactive ketones (excluding diaryl/α,β-unsaturated/α-hetero) is 1. The molecule has 2 fully saturated rings. The van der Waals surface area contributed by atoms with Gasteiger partial charge in [0.25, 0.3) is 5.91 Å². The van der Waals surface area contributed by atoms with Crippen LogP contribution in [0.4, 0.5) is 11.4 Å². The maximum Gasteiger partial charge on any atom is 0.287 e. The lowest BCUT2D eigenvalue weighted by Gasteiger charge is -2.36. The van der Waals surface area contributed by atoms with Crippen molar-refractivity contribution in [2.75, 3.05) is 23.3 Å². The highest BCUT2D eigenvalue weighted by atomic mass is 16.3. The van der Waals surface area contributed by atoms with E-state index in [1.807, 2.05) is 29.2 Å². The highest BCUT2D eigenvalue weighted by Crippen LogP contribution is 2.33. The Morgan fingerprint density at radius 1 is 0.974 bits per heavy atom. The summed E-state index contributed by atoms with van der Waals surface area (Å²) in [6.45, 7) is 1.06. The van der Waals surface area contributed by atoms with Gasteiger partial charge in [-0.05, 0) is 60.0 Å². The van der Waals surface area contributed by atoms with E-state index in [-0.39, 0.29) is 17.5 Å². The monoisotopic (exact) mass is 527 g/mol. The van der Waals surface area contributed by atoms with Gasteiger partial charge in [0.2, 0.25) is 5.91 Å². The van der Waals surface area contributed by atoms with E-state index in [1.165, 1.54) is 11.0 Å². The summed E-state index contributed by atoms with van der Waals surface area (Å²) in [6, 6.07) is 14.6. The minimum absolute atomic E-state index is 0.176. The molecule has 1 aliphatic heterocycles. The number of carbonyl (C=O) groups excluding carboxylic acids is 3. The average molecular weight is 528 g/mol. The number of benzene rings is 2. The molecule has 3 heterocycles. The number of hydrogen-bond acceptors (Lipinski definition) is 8. The second kappa shape index (κ2) is 10.3. The predicted octanol–water partition coefficient (Wildman–Crippen LogP) is 3.65. The normalized spacial score (nSPS) is 17.2.